The molecule has 0 aliphatic carbocycles. The predicted octanol–water partition coefficient (Wildman–Crippen LogP) is 3.99. The van der Waals surface area contributed by atoms with E-state index in [-0.39, 0.29) is 12.4 Å². The van der Waals surface area contributed by atoms with Crippen LogP contribution in [0, 0.1) is 5.82 Å². The van der Waals surface area contributed by atoms with E-state index in [4.69, 9.17) is 10.5 Å². The zero-order valence-electron chi connectivity index (χ0n) is 11.9. The zero-order chi connectivity index (χ0) is 14.5. The Bertz CT molecular complexity index is 564. The number of benzene rings is 2. The maximum atomic E-state index is 13.8. The average Bonchev–Trinajstić information content (AvgIpc) is 2.46. The molecule has 2 N–H and O–H groups in total. The van der Waals surface area contributed by atoms with Crippen molar-refractivity contribution >= 4 is 0 Å². The van der Waals surface area contributed by atoms with E-state index in [0.29, 0.717) is 18.0 Å². The van der Waals surface area contributed by atoms with E-state index < -0.39 is 0 Å². The van der Waals surface area contributed by atoms with Crippen LogP contribution < -0.4 is 10.5 Å². The smallest absolute Gasteiger partial charge is 0.130 e. The molecular formula is C17H20FNO. The van der Waals surface area contributed by atoms with Crippen molar-refractivity contribution in [2.45, 2.75) is 32.9 Å². The molecule has 2 nitrogen and oxygen atoms in total. The van der Waals surface area contributed by atoms with Crippen LogP contribution in [-0.4, -0.2) is 0 Å². The van der Waals surface area contributed by atoms with Gasteiger partial charge >= 0.3 is 0 Å². The van der Waals surface area contributed by atoms with Gasteiger partial charge in [0.15, 0.2) is 0 Å². The van der Waals surface area contributed by atoms with Crippen molar-refractivity contribution in [3.8, 4) is 5.75 Å². The molecule has 0 unspecified atom stereocenters. The fraction of sp³-hybridized carbons (Fsp3) is 0.294. The Kier molecular flexibility index (Phi) is 4.74. The quantitative estimate of drug-likeness (QED) is 0.894. The number of rotatable bonds is 5. The first-order valence-electron chi connectivity index (χ1n) is 6.80. The second-order valence-corrected chi connectivity index (χ2v) is 5.14. The standard InChI is InChI=1S/C17H20FNO/c1-12(2)14-5-7-16(8-6-14)20-11-15-4-3-13(10-19)9-17(15)18/h3-9,12H,10-11,19H2,1-2H3. The fourth-order valence-electron chi connectivity index (χ4n) is 1.94. The van der Waals surface area contributed by atoms with Gasteiger partial charge in [0, 0.05) is 12.1 Å². The lowest BCUT2D eigenvalue weighted by molar-refractivity contribution is 0.299. The van der Waals surface area contributed by atoms with Gasteiger partial charge in [-0.05, 0) is 35.2 Å². The first kappa shape index (κ1) is 14.5. The Morgan fingerprint density at radius 2 is 1.80 bits per heavy atom. The van der Waals surface area contributed by atoms with E-state index in [0.717, 1.165) is 11.3 Å². The van der Waals surface area contributed by atoms with E-state index in [2.05, 4.69) is 13.8 Å². The minimum atomic E-state index is -0.272. The van der Waals surface area contributed by atoms with Gasteiger partial charge in [0.1, 0.15) is 18.2 Å². The fourth-order valence-corrected chi connectivity index (χ4v) is 1.94. The molecule has 0 aliphatic rings. The van der Waals surface area contributed by atoms with Gasteiger partial charge in [-0.3, -0.25) is 0 Å². The molecule has 106 valence electrons. The molecule has 20 heavy (non-hydrogen) atoms. The van der Waals surface area contributed by atoms with Crippen LogP contribution in [0.2, 0.25) is 0 Å². The van der Waals surface area contributed by atoms with Gasteiger partial charge in [-0.1, -0.05) is 38.1 Å². The summed E-state index contributed by atoms with van der Waals surface area (Å²) in [6.07, 6.45) is 0. The van der Waals surface area contributed by atoms with Crippen LogP contribution in [0.1, 0.15) is 36.5 Å². The van der Waals surface area contributed by atoms with Gasteiger partial charge < -0.3 is 10.5 Å². The zero-order valence-corrected chi connectivity index (χ0v) is 11.9. The summed E-state index contributed by atoms with van der Waals surface area (Å²) < 4.78 is 19.4. The molecular weight excluding hydrogens is 253 g/mol. The average molecular weight is 273 g/mol. The van der Waals surface area contributed by atoms with E-state index in [1.165, 1.54) is 11.6 Å². The molecule has 0 saturated heterocycles. The van der Waals surface area contributed by atoms with Crippen LogP contribution in [0.5, 0.6) is 5.75 Å². The summed E-state index contributed by atoms with van der Waals surface area (Å²) in [4.78, 5) is 0. The highest BCUT2D eigenvalue weighted by atomic mass is 19.1. The molecule has 0 atom stereocenters. The molecule has 0 fully saturated rings. The molecule has 0 amide bonds. The lowest BCUT2D eigenvalue weighted by atomic mass is 10.0. The van der Waals surface area contributed by atoms with Crippen molar-refractivity contribution < 1.29 is 9.13 Å². The largest absolute Gasteiger partial charge is 0.489 e. The maximum absolute atomic E-state index is 13.8. The molecule has 2 rings (SSSR count). The summed E-state index contributed by atoms with van der Waals surface area (Å²) in [7, 11) is 0. The number of halogens is 1. The number of ether oxygens (including phenoxy) is 1. The third-order valence-electron chi connectivity index (χ3n) is 3.29. The Morgan fingerprint density at radius 3 is 2.35 bits per heavy atom. The molecule has 2 aromatic rings. The van der Waals surface area contributed by atoms with Gasteiger partial charge in [-0.25, -0.2) is 4.39 Å². The van der Waals surface area contributed by atoms with Crippen molar-refractivity contribution in [2.75, 3.05) is 0 Å². The minimum absolute atomic E-state index is 0.220. The van der Waals surface area contributed by atoms with Crippen LogP contribution in [-0.2, 0) is 13.2 Å². The van der Waals surface area contributed by atoms with Crippen molar-refractivity contribution in [3.63, 3.8) is 0 Å². The Balaban J connectivity index is 2.01. The Morgan fingerprint density at radius 1 is 1.10 bits per heavy atom. The summed E-state index contributed by atoms with van der Waals surface area (Å²) in [6, 6.07) is 12.9. The van der Waals surface area contributed by atoms with Crippen LogP contribution in [0.25, 0.3) is 0 Å². The summed E-state index contributed by atoms with van der Waals surface area (Å²) >= 11 is 0. The number of hydrogen-bond donors (Lipinski definition) is 1. The molecule has 0 bridgehead atoms. The monoisotopic (exact) mass is 273 g/mol. The summed E-state index contributed by atoms with van der Waals surface area (Å²) in [5.74, 6) is 0.966. The third-order valence-corrected chi connectivity index (χ3v) is 3.29. The molecule has 0 aromatic heterocycles. The molecule has 0 aliphatic heterocycles. The molecule has 0 heterocycles. The lowest BCUT2D eigenvalue weighted by Gasteiger charge is -2.10. The van der Waals surface area contributed by atoms with E-state index in [9.17, 15) is 4.39 Å². The van der Waals surface area contributed by atoms with Crippen LogP contribution in [0.15, 0.2) is 42.5 Å². The van der Waals surface area contributed by atoms with Gasteiger partial charge in [-0.15, -0.1) is 0 Å². The van der Waals surface area contributed by atoms with E-state index in [1.54, 1.807) is 6.07 Å². The number of nitrogens with two attached hydrogens (primary N) is 1. The minimum Gasteiger partial charge on any atom is -0.489 e. The highest BCUT2D eigenvalue weighted by molar-refractivity contribution is 5.30. The maximum Gasteiger partial charge on any atom is 0.130 e. The van der Waals surface area contributed by atoms with E-state index >= 15 is 0 Å². The number of hydrogen-bond acceptors (Lipinski definition) is 2. The first-order chi connectivity index (χ1) is 9.60. The normalized spacial score (nSPS) is 10.8. The van der Waals surface area contributed by atoms with E-state index in [1.807, 2.05) is 30.3 Å². The Labute approximate surface area is 119 Å². The third kappa shape index (κ3) is 3.58. The van der Waals surface area contributed by atoms with Crippen molar-refractivity contribution in [3.05, 3.63) is 65.0 Å². The predicted molar refractivity (Wildman–Crippen MR) is 79.2 cm³/mol. The van der Waals surface area contributed by atoms with Crippen LogP contribution in [0.4, 0.5) is 4.39 Å². The highest BCUT2D eigenvalue weighted by Gasteiger charge is 2.05. The van der Waals surface area contributed by atoms with Crippen LogP contribution in [0.3, 0.4) is 0 Å². The summed E-state index contributed by atoms with van der Waals surface area (Å²) in [6.45, 7) is 4.85. The topological polar surface area (TPSA) is 35.2 Å². The SMILES string of the molecule is CC(C)c1ccc(OCc2ccc(CN)cc2F)cc1. The Hall–Kier alpha value is -1.87. The second-order valence-electron chi connectivity index (χ2n) is 5.14. The summed E-state index contributed by atoms with van der Waals surface area (Å²) in [5.41, 5.74) is 8.06. The molecule has 3 heteroatoms. The van der Waals surface area contributed by atoms with Gasteiger partial charge in [0.05, 0.1) is 0 Å². The molecule has 2 aromatic carbocycles. The highest BCUT2D eigenvalue weighted by Crippen LogP contribution is 2.20. The van der Waals surface area contributed by atoms with Crippen molar-refractivity contribution in [1.82, 2.24) is 0 Å². The lowest BCUT2D eigenvalue weighted by Crippen LogP contribution is -2.02. The summed E-state index contributed by atoms with van der Waals surface area (Å²) in [5, 5.41) is 0. The van der Waals surface area contributed by atoms with Gasteiger partial charge in [-0.2, -0.15) is 0 Å². The van der Waals surface area contributed by atoms with Crippen molar-refractivity contribution in [2.24, 2.45) is 5.73 Å². The first-order valence-corrected chi connectivity index (χ1v) is 6.80. The second kappa shape index (κ2) is 6.53. The van der Waals surface area contributed by atoms with Crippen molar-refractivity contribution in [1.29, 1.82) is 0 Å². The molecule has 0 saturated carbocycles. The molecule has 0 spiro atoms. The molecule has 0 radical (unpaired) electrons. The van der Waals surface area contributed by atoms with Crippen LogP contribution >= 0.6 is 0 Å². The van der Waals surface area contributed by atoms with Gasteiger partial charge in [0.25, 0.3) is 0 Å². The van der Waals surface area contributed by atoms with Gasteiger partial charge in [0.2, 0.25) is 0 Å².